The normalized spacial score (nSPS) is 16.2. The second-order valence-electron chi connectivity index (χ2n) is 6.17. The number of ether oxygens (including phenoxy) is 1. The monoisotopic (exact) mass is 358 g/mol. The molecule has 1 atom stereocenters. The Kier molecular flexibility index (Phi) is 6.01. The summed E-state index contributed by atoms with van der Waals surface area (Å²) in [6, 6.07) is 10.5. The molecule has 0 aliphatic carbocycles. The van der Waals surface area contributed by atoms with Crippen LogP contribution < -0.4 is 10.2 Å². The lowest BCUT2D eigenvalue weighted by Crippen LogP contribution is -2.50. The van der Waals surface area contributed by atoms with Crippen molar-refractivity contribution in [3.05, 3.63) is 60.2 Å². The number of amides is 1. The van der Waals surface area contributed by atoms with Crippen LogP contribution in [0.15, 0.2) is 48.8 Å². The molecule has 138 valence electrons. The fourth-order valence-electron chi connectivity index (χ4n) is 3.23. The quantitative estimate of drug-likeness (QED) is 0.890. The smallest absolute Gasteiger partial charge is 0.406 e. The van der Waals surface area contributed by atoms with E-state index < -0.39 is 6.09 Å². The summed E-state index contributed by atoms with van der Waals surface area (Å²) in [6.07, 6.45) is 3.13. The molecular weight excluding hydrogens is 335 g/mol. The van der Waals surface area contributed by atoms with E-state index in [1.807, 2.05) is 30.5 Å². The molecule has 0 radical (unpaired) electrons. The van der Waals surface area contributed by atoms with E-state index in [9.17, 15) is 9.18 Å². The van der Waals surface area contributed by atoms with Crippen molar-refractivity contribution >= 4 is 11.8 Å². The van der Waals surface area contributed by atoms with Crippen LogP contribution in [0.2, 0.25) is 0 Å². The Labute approximate surface area is 152 Å². The highest BCUT2D eigenvalue weighted by Crippen LogP contribution is 2.23. The number of carbonyl (C=O) groups is 1. The lowest BCUT2D eigenvalue weighted by atomic mass is 10.1. The summed E-state index contributed by atoms with van der Waals surface area (Å²) in [6.45, 7) is 3.79. The molecule has 7 heteroatoms. The van der Waals surface area contributed by atoms with Crippen molar-refractivity contribution in [2.75, 3.05) is 44.7 Å². The van der Waals surface area contributed by atoms with Gasteiger partial charge in [0.05, 0.1) is 13.2 Å². The first-order valence-electron chi connectivity index (χ1n) is 8.63. The van der Waals surface area contributed by atoms with Gasteiger partial charge in [-0.25, -0.2) is 9.18 Å². The first-order chi connectivity index (χ1) is 12.7. The molecule has 1 aliphatic rings. The molecule has 26 heavy (non-hydrogen) atoms. The molecule has 1 fully saturated rings. The van der Waals surface area contributed by atoms with Crippen molar-refractivity contribution in [3.8, 4) is 0 Å². The maximum Gasteiger partial charge on any atom is 0.406 e. The molecule has 1 aromatic heterocycles. The molecule has 1 saturated heterocycles. The third-order valence-electron chi connectivity index (χ3n) is 4.64. The zero-order valence-corrected chi connectivity index (χ0v) is 14.8. The third kappa shape index (κ3) is 4.49. The number of benzene rings is 1. The van der Waals surface area contributed by atoms with E-state index >= 15 is 0 Å². The lowest BCUT2D eigenvalue weighted by molar-refractivity contribution is 0.154. The summed E-state index contributed by atoms with van der Waals surface area (Å²) >= 11 is 0. The van der Waals surface area contributed by atoms with Crippen LogP contribution in [-0.4, -0.2) is 55.8 Å². The molecule has 1 aromatic carbocycles. The van der Waals surface area contributed by atoms with E-state index in [1.54, 1.807) is 6.20 Å². The lowest BCUT2D eigenvalue weighted by Gasteiger charge is -2.40. The average Bonchev–Trinajstić information content (AvgIpc) is 2.70. The summed E-state index contributed by atoms with van der Waals surface area (Å²) in [4.78, 5) is 20.3. The average molecular weight is 358 g/mol. The van der Waals surface area contributed by atoms with Crippen LogP contribution in [0.3, 0.4) is 0 Å². The topological polar surface area (TPSA) is 57.7 Å². The van der Waals surface area contributed by atoms with Gasteiger partial charge in [-0.1, -0.05) is 6.07 Å². The number of hydrogen-bond donors (Lipinski definition) is 1. The van der Waals surface area contributed by atoms with Gasteiger partial charge < -0.3 is 15.0 Å². The van der Waals surface area contributed by atoms with Gasteiger partial charge in [0.1, 0.15) is 5.82 Å². The SMILES string of the molecule is COC(=O)NC[C@@H](c1cccnc1)N1CCN(c2ccc(F)cc2)CC1. The van der Waals surface area contributed by atoms with Crippen LogP contribution in [0.1, 0.15) is 11.6 Å². The van der Waals surface area contributed by atoms with Crippen molar-refractivity contribution in [3.63, 3.8) is 0 Å². The zero-order valence-electron chi connectivity index (χ0n) is 14.8. The zero-order chi connectivity index (χ0) is 18.4. The van der Waals surface area contributed by atoms with Gasteiger partial charge in [0, 0.05) is 50.8 Å². The minimum absolute atomic E-state index is 0.0261. The molecule has 3 rings (SSSR count). The second kappa shape index (κ2) is 8.62. The first-order valence-corrected chi connectivity index (χ1v) is 8.63. The molecule has 6 nitrogen and oxygen atoms in total. The summed E-state index contributed by atoms with van der Waals surface area (Å²) in [5.41, 5.74) is 2.08. The highest BCUT2D eigenvalue weighted by atomic mass is 19.1. The molecule has 2 heterocycles. The number of alkyl carbamates (subject to hydrolysis) is 1. The van der Waals surface area contributed by atoms with Crippen LogP contribution in [-0.2, 0) is 4.74 Å². The number of rotatable bonds is 5. The Bertz CT molecular complexity index is 703. The van der Waals surface area contributed by atoms with Crippen LogP contribution in [0.4, 0.5) is 14.9 Å². The Hall–Kier alpha value is -2.67. The highest BCUT2D eigenvalue weighted by molar-refractivity contribution is 5.66. The van der Waals surface area contributed by atoms with Gasteiger partial charge in [0.2, 0.25) is 0 Å². The molecule has 1 amide bonds. The van der Waals surface area contributed by atoms with E-state index in [0.29, 0.717) is 6.54 Å². The number of carbonyl (C=O) groups excluding carboxylic acids is 1. The van der Waals surface area contributed by atoms with Crippen molar-refractivity contribution in [2.45, 2.75) is 6.04 Å². The van der Waals surface area contributed by atoms with Gasteiger partial charge in [0.15, 0.2) is 0 Å². The predicted octanol–water partition coefficient (Wildman–Crippen LogP) is 2.44. The Morgan fingerprint density at radius 2 is 1.96 bits per heavy atom. The molecular formula is C19H23FN4O2. The molecule has 0 spiro atoms. The van der Waals surface area contributed by atoms with E-state index in [-0.39, 0.29) is 11.9 Å². The van der Waals surface area contributed by atoms with Crippen LogP contribution in [0.5, 0.6) is 0 Å². The number of anilines is 1. The van der Waals surface area contributed by atoms with E-state index in [4.69, 9.17) is 0 Å². The number of methoxy groups -OCH3 is 1. The summed E-state index contributed by atoms with van der Waals surface area (Å²) < 4.78 is 17.8. The number of hydrogen-bond acceptors (Lipinski definition) is 5. The number of nitrogens with one attached hydrogen (secondary N) is 1. The number of pyridine rings is 1. The maximum absolute atomic E-state index is 13.1. The Morgan fingerprint density at radius 3 is 2.58 bits per heavy atom. The summed E-state index contributed by atoms with van der Waals surface area (Å²) in [7, 11) is 1.36. The summed E-state index contributed by atoms with van der Waals surface area (Å²) in [5, 5.41) is 2.79. The number of piperazine rings is 1. The molecule has 0 saturated carbocycles. The Balaban J connectivity index is 1.66. The van der Waals surface area contributed by atoms with E-state index in [1.165, 1.54) is 19.2 Å². The first kappa shape index (κ1) is 18.1. The van der Waals surface area contributed by atoms with E-state index in [0.717, 1.165) is 37.4 Å². The van der Waals surface area contributed by atoms with Crippen molar-refractivity contribution in [2.24, 2.45) is 0 Å². The highest BCUT2D eigenvalue weighted by Gasteiger charge is 2.26. The van der Waals surface area contributed by atoms with Gasteiger partial charge in [-0.05, 0) is 35.9 Å². The number of nitrogens with zero attached hydrogens (tertiary/aromatic N) is 3. The van der Waals surface area contributed by atoms with Gasteiger partial charge in [0.25, 0.3) is 0 Å². The third-order valence-corrected chi connectivity index (χ3v) is 4.64. The van der Waals surface area contributed by atoms with E-state index in [2.05, 4.69) is 24.8 Å². The van der Waals surface area contributed by atoms with Gasteiger partial charge in [-0.15, -0.1) is 0 Å². The Morgan fingerprint density at radius 1 is 1.23 bits per heavy atom. The number of aromatic nitrogens is 1. The maximum atomic E-state index is 13.1. The van der Waals surface area contributed by atoms with Gasteiger partial charge in [-0.3, -0.25) is 9.88 Å². The fraction of sp³-hybridized carbons (Fsp3) is 0.368. The van der Waals surface area contributed by atoms with Crippen LogP contribution in [0.25, 0.3) is 0 Å². The fourth-order valence-corrected chi connectivity index (χ4v) is 3.23. The minimum Gasteiger partial charge on any atom is -0.453 e. The number of halogens is 1. The van der Waals surface area contributed by atoms with Crippen molar-refractivity contribution in [1.82, 2.24) is 15.2 Å². The minimum atomic E-state index is -0.441. The molecule has 1 N–H and O–H groups in total. The molecule has 0 unspecified atom stereocenters. The standard InChI is InChI=1S/C19H23FN4O2/c1-26-19(25)22-14-18(15-3-2-8-21-13-15)24-11-9-23(10-12-24)17-6-4-16(20)5-7-17/h2-8,13,18H,9-12,14H2,1H3,(H,22,25)/t18-/m0/s1. The van der Waals surface area contributed by atoms with Gasteiger partial charge in [-0.2, -0.15) is 0 Å². The molecule has 2 aromatic rings. The van der Waals surface area contributed by atoms with Crippen molar-refractivity contribution < 1.29 is 13.9 Å². The van der Waals surface area contributed by atoms with Crippen LogP contribution in [0, 0.1) is 5.82 Å². The van der Waals surface area contributed by atoms with Crippen LogP contribution >= 0.6 is 0 Å². The largest absolute Gasteiger partial charge is 0.453 e. The summed E-state index contributed by atoms with van der Waals surface area (Å²) in [5.74, 6) is -0.224. The van der Waals surface area contributed by atoms with Gasteiger partial charge >= 0.3 is 6.09 Å². The van der Waals surface area contributed by atoms with Crippen molar-refractivity contribution in [1.29, 1.82) is 0 Å². The predicted molar refractivity (Wildman–Crippen MR) is 97.6 cm³/mol. The molecule has 0 bridgehead atoms. The molecule has 1 aliphatic heterocycles. The second-order valence-corrected chi connectivity index (χ2v) is 6.17.